The van der Waals surface area contributed by atoms with Crippen LogP contribution >= 0.6 is 0 Å². The van der Waals surface area contributed by atoms with Gasteiger partial charge in [-0.2, -0.15) is 0 Å². The molecule has 6 heteroatoms. The summed E-state index contributed by atoms with van der Waals surface area (Å²) in [7, 11) is 1.65. The third kappa shape index (κ3) is 4.71. The molecule has 146 valence electrons. The molecule has 0 saturated carbocycles. The Morgan fingerprint density at radius 1 is 1.00 bits per heavy atom. The number of fused-ring (bicyclic) bond motifs is 1. The summed E-state index contributed by atoms with van der Waals surface area (Å²) in [5, 5.41) is 6.63. The van der Waals surface area contributed by atoms with E-state index in [1.807, 2.05) is 42.5 Å². The van der Waals surface area contributed by atoms with Crippen molar-refractivity contribution >= 4 is 22.7 Å². The van der Waals surface area contributed by atoms with Gasteiger partial charge >= 0.3 is 0 Å². The van der Waals surface area contributed by atoms with Crippen LogP contribution in [0.5, 0.6) is 5.75 Å². The Kier molecular flexibility index (Phi) is 6.32. The fraction of sp³-hybridized carbons (Fsp3) is 0.273. The van der Waals surface area contributed by atoms with E-state index in [0.717, 1.165) is 33.5 Å². The number of hydrogen-bond acceptors (Lipinski definition) is 3. The van der Waals surface area contributed by atoms with E-state index in [-0.39, 0.29) is 11.8 Å². The highest BCUT2D eigenvalue weighted by Gasteiger charge is 2.14. The quantitative estimate of drug-likeness (QED) is 0.526. The summed E-state index contributed by atoms with van der Waals surface area (Å²) in [5.74, 6) is 0.674. The molecule has 3 aromatic rings. The van der Waals surface area contributed by atoms with Crippen molar-refractivity contribution in [1.29, 1.82) is 0 Å². The van der Waals surface area contributed by atoms with Gasteiger partial charge in [-0.1, -0.05) is 18.2 Å². The van der Waals surface area contributed by atoms with Gasteiger partial charge < -0.3 is 20.4 Å². The Morgan fingerprint density at radius 2 is 1.71 bits per heavy atom. The SMILES string of the molecule is COc1ccc(-c2[nH]c3ccccc3c2CCC(=O)NCCNC(C)=O)cc1. The number of aromatic nitrogens is 1. The first-order chi connectivity index (χ1) is 13.6. The fourth-order valence-corrected chi connectivity index (χ4v) is 3.23. The number of methoxy groups -OCH3 is 1. The van der Waals surface area contributed by atoms with Crippen molar-refractivity contribution in [2.45, 2.75) is 19.8 Å². The number of para-hydroxylation sites is 1. The first-order valence-electron chi connectivity index (χ1n) is 9.33. The van der Waals surface area contributed by atoms with Crippen LogP contribution in [0.15, 0.2) is 48.5 Å². The van der Waals surface area contributed by atoms with E-state index in [4.69, 9.17) is 4.74 Å². The molecule has 0 fully saturated rings. The minimum absolute atomic E-state index is 0.0312. The molecule has 28 heavy (non-hydrogen) atoms. The van der Waals surface area contributed by atoms with Crippen LogP contribution in [0.4, 0.5) is 0 Å². The summed E-state index contributed by atoms with van der Waals surface area (Å²) in [6, 6.07) is 16.0. The zero-order valence-corrected chi connectivity index (χ0v) is 16.2. The van der Waals surface area contributed by atoms with Gasteiger partial charge in [0.15, 0.2) is 0 Å². The van der Waals surface area contributed by atoms with Crippen LogP contribution in [-0.4, -0.2) is 37.0 Å². The molecular formula is C22H25N3O3. The Bertz CT molecular complexity index is 961. The Balaban J connectivity index is 1.75. The predicted octanol–water partition coefficient (Wildman–Crippen LogP) is 3.03. The van der Waals surface area contributed by atoms with Gasteiger partial charge in [0.25, 0.3) is 0 Å². The molecule has 0 atom stereocenters. The van der Waals surface area contributed by atoms with Gasteiger partial charge in [-0.25, -0.2) is 0 Å². The van der Waals surface area contributed by atoms with Crippen molar-refractivity contribution in [3.63, 3.8) is 0 Å². The average molecular weight is 379 g/mol. The minimum atomic E-state index is -0.0998. The number of amides is 2. The lowest BCUT2D eigenvalue weighted by Crippen LogP contribution is -2.33. The molecular weight excluding hydrogens is 354 g/mol. The Morgan fingerprint density at radius 3 is 2.43 bits per heavy atom. The summed E-state index contributed by atoms with van der Waals surface area (Å²) in [4.78, 5) is 26.6. The molecule has 0 aliphatic heterocycles. The summed E-state index contributed by atoms with van der Waals surface area (Å²) in [6.07, 6.45) is 1.00. The second-order valence-corrected chi connectivity index (χ2v) is 6.59. The molecule has 1 heterocycles. The molecule has 0 saturated heterocycles. The topological polar surface area (TPSA) is 83.2 Å². The van der Waals surface area contributed by atoms with Crippen LogP contribution in [0.3, 0.4) is 0 Å². The maximum absolute atomic E-state index is 12.2. The highest BCUT2D eigenvalue weighted by Crippen LogP contribution is 2.32. The third-order valence-electron chi connectivity index (χ3n) is 4.62. The Labute approximate surface area is 164 Å². The van der Waals surface area contributed by atoms with E-state index >= 15 is 0 Å². The minimum Gasteiger partial charge on any atom is -0.497 e. The van der Waals surface area contributed by atoms with E-state index < -0.39 is 0 Å². The number of aryl methyl sites for hydroxylation is 1. The monoisotopic (exact) mass is 379 g/mol. The number of rotatable bonds is 8. The smallest absolute Gasteiger partial charge is 0.220 e. The molecule has 3 rings (SSSR count). The van der Waals surface area contributed by atoms with Gasteiger partial charge in [0.1, 0.15) is 5.75 Å². The van der Waals surface area contributed by atoms with Crippen LogP contribution in [0, 0.1) is 0 Å². The third-order valence-corrected chi connectivity index (χ3v) is 4.62. The normalized spacial score (nSPS) is 10.6. The van der Waals surface area contributed by atoms with Crippen molar-refractivity contribution in [2.24, 2.45) is 0 Å². The maximum Gasteiger partial charge on any atom is 0.220 e. The number of benzene rings is 2. The van der Waals surface area contributed by atoms with E-state index in [0.29, 0.717) is 25.9 Å². The number of carbonyl (C=O) groups excluding carboxylic acids is 2. The van der Waals surface area contributed by atoms with Crippen molar-refractivity contribution in [3.05, 3.63) is 54.1 Å². The maximum atomic E-state index is 12.2. The molecule has 1 aromatic heterocycles. The zero-order valence-electron chi connectivity index (χ0n) is 16.2. The number of aromatic amines is 1. The predicted molar refractivity (Wildman–Crippen MR) is 110 cm³/mol. The lowest BCUT2D eigenvalue weighted by molar-refractivity contribution is -0.122. The fourth-order valence-electron chi connectivity index (χ4n) is 3.23. The molecule has 0 unspecified atom stereocenters. The van der Waals surface area contributed by atoms with Crippen molar-refractivity contribution in [3.8, 4) is 17.0 Å². The lowest BCUT2D eigenvalue weighted by Gasteiger charge is -2.08. The molecule has 2 amide bonds. The average Bonchev–Trinajstić information content (AvgIpc) is 3.08. The Hall–Kier alpha value is -3.28. The first-order valence-corrected chi connectivity index (χ1v) is 9.33. The highest BCUT2D eigenvalue weighted by molar-refractivity contribution is 5.91. The summed E-state index contributed by atoms with van der Waals surface area (Å²) in [5.41, 5.74) is 4.25. The molecule has 0 bridgehead atoms. The van der Waals surface area contributed by atoms with Crippen molar-refractivity contribution in [1.82, 2.24) is 15.6 Å². The summed E-state index contributed by atoms with van der Waals surface area (Å²) < 4.78 is 5.25. The van der Waals surface area contributed by atoms with Gasteiger partial charge in [-0.15, -0.1) is 0 Å². The molecule has 0 aliphatic rings. The summed E-state index contributed by atoms with van der Waals surface area (Å²) >= 11 is 0. The zero-order chi connectivity index (χ0) is 19.9. The van der Waals surface area contributed by atoms with E-state index in [9.17, 15) is 9.59 Å². The second kappa shape index (κ2) is 9.08. The van der Waals surface area contributed by atoms with Gasteiger partial charge in [0.2, 0.25) is 11.8 Å². The van der Waals surface area contributed by atoms with Crippen LogP contribution in [0.2, 0.25) is 0 Å². The van der Waals surface area contributed by atoms with Gasteiger partial charge in [-0.05, 0) is 47.9 Å². The second-order valence-electron chi connectivity index (χ2n) is 6.59. The number of H-pyrrole nitrogens is 1. The number of carbonyl (C=O) groups is 2. The van der Waals surface area contributed by atoms with Crippen LogP contribution in [-0.2, 0) is 16.0 Å². The highest BCUT2D eigenvalue weighted by atomic mass is 16.5. The van der Waals surface area contributed by atoms with Crippen molar-refractivity contribution in [2.75, 3.05) is 20.2 Å². The van der Waals surface area contributed by atoms with E-state index in [1.165, 1.54) is 6.92 Å². The van der Waals surface area contributed by atoms with Crippen LogP contribution in [0.1, 0.15) is 18.9 Å². The van der Waals surface area contributed by atoms with E-state index in [1.54, 1.807) is 7.11 Å². The molecule has 0 spiro atoms. The molecule has 2 aromatic carbocycles. The van der Waals surface area contributed by atoms with Crippen LogP contribution < -0.4 is 15.4 Å². The number of nitrogens with one attached hydrogen (secondary N) is 3. The van der Waals surface area contributed by atoms with Gasteiger partial charge in [0.05, 0.1) is 7.11 Å². The van der Waals surface area contributed by atoms with Gasteiger partial charge in [-0.3, -0.25) is 9.59 Å². The number of ether oxygens (including phenoxy) is 1. The number of hydrogen-bond donors (Lipinski definition) is 3. The molecule has 0 radical (unpaired) electrons. The standard InChI is InChI=1S/C22H25N3O3/c1-15(26)23-13-14-24-21(27)12-11-19-18-5-3-4-6-20(18)25-22(19)16-7-9-17(28-2)10-8-16/h3-10,25H,11-14H2,1-2H3,(H,23,26)(H,24,27). The molecule has 3 N–H and O–H groups in total. The first kappa shape index (κ1) is 19.5. The molecule has 6 nitrogen and oxygen atoms in total. The largest absolute Gasteiger partial charge is 0.497 e. The van der Waals surface area contributed by atoms with Gasteiger partial charge in [0, 0.05) is 43.0 Å². The van der Waals surface area contributed by atoms with Crippen LogP contribution in [0.25, 0.3) is 22.2 Å². The summed E-state index contributed by atoms with van der Waals surface area (Å²) in [6.45, 7) is 2.32. The van der Waals surface area contributed by atoms with E-state index in [2.05, 4.69) is 21.7 Å². The molecule has 0 aliphatic carbocycles. The van der Waals surface area contributed by atoms with Crippen molar-refractivity contribution < 1.29 is 14.3 Å². The lowest BCUT2D eigenvalue weighted by atomic mass is 10.0.